The van der Waals surface area contributed by atoms with E-state index in [2.05, 4.69) is 21.8 Å². The highest BCUT2D eigenvalue weighted by Gasteiger charge is 2.44. The summed E-state index contributed by atoms with van der Waals surface area (Å²) in [4.78, 5) is 31.1. The normalized spacial score (nSPS) is 30.8. The number of amides is 2. The number of carbonyl (C=O) groups is 2. The van der Waals surface area contributed by atoms with Gasteiger partial charge in [-0.25, -0.2) is 4.98 Å². The fourth-order valence-electron chi connectivity index (χ4n) is 4.15. The minimum atomic E-state index is -0.699. The van der Waals surface area contributed by atoms with Crippen molar-refractivity contribution in [3.05, 3.63) is 18.7 Å². The summed E-state index contributed by atoms with van der Waals surface area (Å²) in [5.74, 6) is 0.621. The van der Waals surface area contributed by atoms with Gasteiger partial charge in [0.15, 0.2) is 0 Å². The molecule has 6 heteroatoms. The number of piperidine rings is 1. The Kier molecular flexibility index (Phi) is 4.92. The molecule has 0 aromatic carbocycles. The summed E-state index contributed by atoms with van der Waals surface area (Å²) in [6, 6.07) is 0.280. The lowest BCUT2D eigenvalue weighted by Gasteiger charge is -2.44. The first-order chi connectivity index (χ1) is 11.5. The Morgan fingerprint density at radius 3 is 2.62 bits per heavy atom. The van der Waals surface area contributed by atoms with Crippen molar-refractivity contribution in [1.82, 2.24) is 19.8 Å². The van der Waals surface area contributed by atoms with Crippen molar-refractivity contribution in [3.8, 4) is 0 Å². The Hall–Kier alpha value is -1.85. The van der Waals surface area contributed by atoms with Crippen molar-refractivity contribution in [2.24, 2.45) is 5.92 Å². The second-order valence-electron chi connectivity index (χ2n) is 7.50. The molecule has 1 aromatic heterocycles. The minimum absolute atomic E-state index is 0.106. The minimum Gasteiger partial charge on any atom is -0.342 e. The van der Waals surface area contributed by atoms with Crippen LogP contribution in [0.25, 0.3) is 0 Å². The van der Waals surface area contributed by atoms with E-state index in [9.17, 15) is 9.59 Å². The lowest BCUT2D eigenvalue weighted by Crippen LogP contribution is -2.61. The molecule has 6 nitrogen and oxygen atoms in total. The Balaban J connectivity index is 1.75. The Morgan fingerprint density at radius 1 is 1.25 bits per heavy atom. The van der Waals surface area contributed by atoms with Crippen molar-refractivity contribution in [1.29, 1.82) is 0 Å². The van der Waals surface area contributed by atoms with Gasteiger partial charge in [-0.3, -0.25) is 9.59 Å². The van der Waals surface area contributed by atoms with Crippen molar-refractivity contribution in [3.63, 3.8) is 0 Å². The van der Waals surface area contributed by atoms with Gasteiger partial charge in [-0.1, -0.05) is 6.92 Å². The van der Waals surface area contributed by atoms with Crippen LogP contribution in [0.15, 0.2) is 18.7 Å². The molecular weight excluding hydrogens is 304 g/mol. The van der Waals surface area contributed by atoms with E-state index in [0.717, 1.165) is 45.1 Å². The number of aromatic nitrogens is 2. The molecule has 1 aliphatic carbocycles. The fraction of sp³-hybridized carbons (Fsp3) is 0.722. The van der Waals surface area contributed by atoms with E-state index in [1.807, 2.05) is 17.4 Å². The van der Waals surface area contributed by atoms with Gasteiger partial charge in [0.25, 0.3) is 0 Å². The molecule has 24 heavy (non-hydrogen) atoms. The lowest BCUT2D eigenvalue weighted by atomic mass is 9.76. The summed E-state index contributed by atoms with van der Waals surface area (Å²) < 4.78 is 2.09. The predicted octanol–water partition coefficient (Wildman–Crippen LogP) is 2.13. The molecule has 1 N–H and O–H groups in total. The molecule has 1 atom stereocenters. The number of carbonyl (C=O) groups excluding carboxylic acids is 2. The molecule has 1 aromatic rings. The molecular formula is C18H28N4O2. The van der Waals surface area contributed by atoms with Crippen molar-refractivity contribution in [2.45, 2.75) is 64.0 Å². The van der Waals surface area contributed by atoms with E-state index in [1.165, 1.54) is 6.92 Å². The predicted molar refractivity (Wildman–Crippen MR) is 91.3 cm³/mol. The van der Waals surface area contributed by atoms with Gasteiger partial charge in [0.2, 0.25) is 11.8 Å². The van der Waals surface area contributed by atoms with Crippen LogP contribution in [0.4, 0.5) is 0 Å². The van der Waals surface area contributed by atoms with E-state index >= 15 is 0 Å². The first kappa shape index (κ1) is 17.0. The van der Waals surface area contributed by atoms with Gasteiger partial charge in [-0.05, 0) is 44.4 Å². The third kappa shape index (κ3) is 3.47. The highest BCUT2D eigenvalue weighted by molar-refractivity contribution is 5.91. The van der Waals surface area contributed by atoms with Crippen molar-refractivity contribution in [2.75, 3.05) is 13.1 Å². The summed E-state index contributed by atoms with van der Waals surface area (Å²) in [6.07, 6.45) is 11.1. The van der Waals surface area contributed by atoms with Crippen LogP contribution in [0.2, 0.25) is 0 Å². The smallest absolute Gasteiger partial charge is 0.248 e. The molecule has 132 valence electrons. The van der Waals surface area contributed by atoms with Crippen LogP contribution in [0.5, 0.6) is 0 Å². The van der Waals surface area contributed by atoms with Gasteiger partial charge in [0.05, 0.1) is 12.4 Å². The SMILES string of the molecule is CC(=O)NC1(C(=O)N2CCCC(n3ccnc3)C2)CCC(C)CC1. The summed E-state index contributed by atoms with van der Waals surface area (Å²) >= 11 is 0. The van der Waals surface area contributed by atoms with Gasteiger partial charge in [-0.2, -0.15) is 0 Å². The molecule has 2 amide bonds. The highest BCUT2D eigenvalue weighted by atomic mass is 16.2. The maximum Gasteiger partial charge on any atom is 0.248 e. The van der Waals surface area contributed by atoms with Gasteiger partial charge in [-0.15, -0.1) is 0 Å². The molecule has 1 saturated heterocycles. The molecule has 2 aliphatic rings. The lowest BCUT2D eigenvalue weighted by molar-refractivity contribution is -0.145. The van der Waals surface area contributed by atoms with Crippen LogP contribution in [-0.2, 0) is 9.59 Å². The first-order valence-electron chi connectivity index (χ1n) is 9.06. The molecule has 0 spiro atoms. The maximum absolute atomic E-state index is 13.3. The number of rotatable bonds is 3. The maximum atomic E-state index is 13.3. The van der Waals surface area contributed by atoms with Gasteiger partial charge in [0, 0.05) is 32.4 Å². The second-order valence-corrected chi connectivity index (χ2v) is 7.50. The van der Waals surface area contributed by atoms with Crippen molar-refractivity contribution < 1.29 is 9.59 Å². The van der Waals surface area contributed by atoms with Crippen LogP contribution in [0.1, 0.15) is 58.4 Å². The van der Waals surface area contributed by atoms with Gasteiger partial charge in [0.1, 0.15) is 5.54 Å². The number of likely N-dealkylation sites (tertiary alicyclic amines) is 1. The molecule has 1 saturated carbocycles. The van der Waals surface area contributed by atoms with Gasteiger partial charge < -0.3 is 14.8 Å². The molecule has 3 rings (SSSR count). The van der Waals surface area contributed by atoms with E-state index in [1.54, 1.807) is 6.20 Å². The van der Waals surface area contributed by atoms with Crippen LogP contribution in [0, 0.1) is 5.92 Å². The number of hydrogen-bond acceptors (Lipinski definition) is 3. The zero-order chi connectivity index (χ0) is 17.2. The Bertz CT molecular complexity index is 576. The third-order valence-corrected chi connectivity index (χ3v) is 5.58. The number of nitrogens with zero attached hydrogens (tertiary/aromatic N) is 3. The Morgan fingerprint density at radius 2 is 2.00 bits per heavy atom. The number of hydrogen-bond donors (Lipinski definition) is 1. The molecule has 2 fully saturated rings. The standard InChI is InChI=1S/C18H28N4O2/c1-14-5-7-18(8-6-14,20-15(2)23)17(24)21-10-3-4-16(12-21)22-11-9-19-13-22/h9,11,13-14,16H,3-8,10,12H2,1-2H3,(H,20,23). The summed E-state index contributed by atoms with van der Waals surface area (Å²) in [6.45, 7) is 5.21. The van der Waals surface area contributed by atoms with Gasteiger partial charge >= 0.3 is 0 Å². The zero-order valence-electron chi connectivity index (χ0n) is 14.7. The van der Waals surface area contributed by atoms with E-state index < -0.39 is 5.54 Å². The average Bonchev–Trinajstić information content (AvgIpc) is 3.11. The van der Waals surface area contributed by atoms with E-state index in [0.29, 0.717) is 12.5 Å². The molecule has 1 unspecified atom stereocenters. The molecule has 0 bridgehead atoms. The van der Waals surface area contributed by atoms with Crippen LogP contribution >= 0.6 is 0 Å². The van der Waals surface area contributed by atoms with Crippen LogP contribution in [-0.4, -0.2) is 44.9 Å². The Labute approximate surface area is 143 Å². The topological polar surface area (TPSA) is 67.2 Å². The number of nitrogens with one attached hydrogen (secondary N) is 1. The largest absolute Gasteiger partial charge is 0.342 e. The van der Waals surface area contributed by atoms with Crippen LogP contribution < -0.4 is 5.32 Å². The molecule has 0 radical (unpaired) electrons. The zero-order valence-corrected chi connectivity index (χ0v) is 14.7. The van der Waals surface area contributed by atoms with Crippen molar-refractivity contribution >= 4 is 11.8 Å². The average molecular weight is 332 g/mol. The van der Waals surface area contributed by atoms with E-state index in [4.69, 9.17) is 0 Å². The molecule has 2 heterocycles. The first-order valence-corrected chi connectivity index (χ1v) is 9.06. The highest BCUT2D eigenvalue weighted by Crippen LogP contribution is 2.35. The van der Waals surface area contributed by atoms with Crippen LogP contribution in [0.3, 0.4) is 0 Å². The summed E-state index contributed by atoms with van der Waals surface area (Å²) in [5, 5.41) is 3.01. The third-order valence-electron chi connectivity index (χ3n) is 5.58. The summed E-state index contributed by atoms with van der Waals surface area (Å²) in [7, 11) is 0. The second kappa shape index (κ2) is 6.95. The fourth-order valence-corrected chi connectivity index (χ4v) is 4.15. The van der Waals surface area contributed by atoms with E-state index in [-0.39, 0.29) is 17.9 Å². The summed E-state index contributed by atoms with van der Waals surface area (Å²) in [5.41, 5.74) is -0.699. The quantitative estimate of drug-likeness (QED) is 0.922. The number of imidazole rings is 1. The molecule has 1 aliphatic heterocycles. The monoisotopic (exact) mass is 332 g/mol.